The van der Waals surface area contributed by atoms with Crippen LogP contribution >= 0.6 is 0 Å². The molecule has 3 rings (SSSR count). The SMILES string of the molecule is CC[C@H](C)c1ccc([C@H](NCc2cc(=O)n3c(C)cccc3n2)C(C)C)cc1. The molecule has 28 heavy (non-hydrogen) atoms. The Hall–Kier alpha value is -2.46. The highest BCUT2D eigenvalue weighted by atomic mass is 16.1. The second-order valence-corrected chi connectivity index (χ2v) is 8.03. The molecule has 0 saturated carbocycles. The van der Waals surface area contributed by atoms with Gasteiger partial charge in [-0.15, -0.1) is 0 Å². The zero-order valence-electron chi connectivity index (χ0n) is 17.6. The molecule has 2 atom stereocenters. The summed E-state index contributed by atoms with van der Waals surface area (Å²) in [5.41, 5.74) is 5.00. The van der Waals surface area contributed by atoms with Gasteiger partial charge in [0, 0.05) is 24.3 Å². The Bertz CT molecular complexity index is 989. The van der Waals surface area contributed by atoms with Crippen molar-refractivity contribution in [2.75, 3.05) is 0 Å². The van der Waals surface area contributed by atoms with Crippen molar-refractivity contribution in [1.82, 2.24) is 14.7 Å². The summed E-state index contributed by atoms with van der Waals surface area (Å²) >= 11 is 0. The van der Waals surface area contributed by atoms with Gasteiger partial charge >= 0.3 is 0 Å². The maximum Gasteiger partial charge on any atom is 0.258 e. The first-order valence-electron chi connectivity index (χ1n) is 10.2. The predicted molar refractivity (Wildman–Crippen MR) is 116 cm³/mol. The van der Waals surface area contributed by atoms with E-state index in [4.69, 9.17) is 0 Å². The fourth-order valence-corrected chi connectivity index (χ4v) is 3.67. The Morgan fingerprint density at radius 2 is 1.71 bits per heavy atom. The van der Waals surface area contributed by atoms with E-state index in [0.29, 0.717) is 24.0 Å². The average molecular weight is 378 g/mol. The lowest BCUT2D eigenvalue weighted by Crippen LogP contribution is -2.27. The van der Waals surface area contributed by atoms with E-state index >= 15 is 0 Å². The van der Waals surface area contributed by atoms with Gasteiger partial charge in [0.05, 0.1) is 5.69 Å². The first kappa shape index (κ1) is 20.3. The van der Waals surface area contributed by atoms with Gasteiger partial charge in [0.1, 0.15) is 5.65 Å². The number of aromatic nitrogens is 2. The average Bonchev–Trinajstić information content (AvgIpc) is 2.67. The summed E-state index contributed by atoms with van der Waals surface area (Å²) in [4.78, 5) is 17.2. The van der Waals surface area contributed by atoms with E-state index < -0.39 is 0 Å². The first-order chi connectivity index (χ1) is 13.4. The molecule has 2 aromatic heterocycles. The van der Waals surface area contributed by atoms with Crippen molar-refractivity contribution < 1.29 is 0 Å². The third-order valence-electron chi connectivity index (χ3n) is 5.58. The summed E-state index contributed by atoms with van der Waals surface area (Å²) < 4.78 is 1.65. The monoisotopic (exact) mass is 377 g/mol. The fourth-order valence-electron chi connectivity index (χ4n) is 3.67. The molecule has 4 nitrogen and oxygen atoms in total. The van der Waals surface area contributed by atoms with Crippen molar-refractivity contribution in [2.24, 2.45) is 5.92 Å². The smallest absolute Gasteiger partial charge is 0.258 e. The van der Waals surface area contributed by atoms with Crippen LogP contribution < -0.4 is 10.9 Å². The zero-order chi connectivity index (χ0) is 20.3. The van der Waals surface area contributed by atoms with E-state index in [1.807, 2.05) is 25.1 Å². The Labute approximate surface area is 167 Å². The van der Waals surface area contributed by atoms with Gasteiger partial charge in [0.15, 0.2) is 0 Å². The number of rotatable bonds is 7. The normalized spacial score (nSPS) is 13.8. The van der Waals surface area contributed by atoms with Gasteiger partial charge in [-0.3, -0.25) is 9.20 Å². The summed E-state index contributed by atoms with van der Waals surface area (Å²) in [5, 5.41) is 3.61. The molecular formula is C24H31N3O. The minimum atomic E-state index is -0.0288. The molecule has 0 amide bonds. The van der Waals surface area contributed by atoms with Crippen molar-refractivity contribution in [3.63, 3.8) is 0 Å². The molecule has 0 saturated heterocycles. The molecule has 0 aliphatic rings. The van der Waals surface area contributed by atoms with Crippen LogP contribution in [0.15, 0.2) is 53.3 Å². The van der Waals surface area contributed by atoms with Crippen molar-refractivity contribution in [3.8, 4) is 0 Å². The van der Waals surface area contributed by atoms with Crippen LogP contribution in [-0.4, -0.2) is 9.38 Å². The highest BCUT2D eigenvalue weighted by Gasteiger charge is 2.16. The van der Waals surface area contributed by atoms with Gasteiger partial charge in [0.2, 0.25) is 0 Å². The van der Waals surface area contributed by atoms with Gasteiger partial charge in [-0.25, -0.2) is 4.98 Å². The van der Waals surface area contributed by atoms with Crippen molar-refractivity contribution in [1.29, 1.82) is 0 Å². The standard InChI is InChI=1S/C24H31N3O/c1-6-17(4)19-10-12-20(13-11-19)24(16(2)3)25-15-21-14-23(28)27-18(5)8-7-9-22(27)26-21/h7-14,16-17,24-25H,6,15H2,1-5H3/t17-,24+/m0/s1. The summed E-state index contributed by atoms with van der Waals surface area (Å²) in [6.07, 6.45) is 1.15. The second kappa shape index (κ2) is 8.70. The minimum Gasteiger partial charge on any atom is -0.304 e. The summed E-state index contributed by atoms with van der Waals surface area (Å²) in [6, 6.07) is 16.5. The molecule has 0 radical (unpaired) electrons. The Morgan fingerprint density at radius 1 is 1.04 bits per heavy atom. The van der Waals surface area contributed by atoms with E-state index in [2.05, 4.69) is 62.3 Å². The third-order valence-corrected chi connectivity index (χ3v) is 5.58. The molecule has 0 fully saturated rings. The molecule has 0 unspecified atom stereocenters. The van der Waals surface area contributed by atoms with E-state index in [1.54, 1.807) is 10.5 Å². The molecule has 4 heteroatoms. The van der Waals surface area contributed by atoms with Crippen molar-refractivity contribution >= 4 is 5.65 Å². The van der Waals surface area contributed by atoms with Crippen LogP contribution in [0.25, 0.3) is 5.65 Å². The van der Waals surface area contributed by atoms with Gasteiger partial charge in [-0.2, -0.15) is 0 Å². The predicted octanol–water partition coefficient (Wildman–Crippen LogP) is 5.00. The third kappa shape index (κ3) is 4.33. The summed E-state index contributed by atoms with van der Waals surface area (Å²) in [6.45, 7) is 11.4. The van der Waals surface area contributed by atoms with Crippen molar-refractivity contribution in [2.45, 2.75) is 59.5 Å². The quantitative estimate of drug-likeness (QED) is 0.630. The number of benzene rings is 1. The summed E-state index contributed by atoms with van der Waals surface area (Å²) in [7, 11) is 0. The number of nitrogens with one attached hydrogen (secondary N) is 1. The van der Waals surface area contributed by atoms with Crippen LogP contribution in [-0.2, 0) is 6.54 Å². The second-order valence-electron chi connectivity index (χ2n) is 8.03. The van der Waals surface area contributed by atoms with E-state index in [-0.39, 0.29) is 11.6 Å². The molecule has 0 aliphatic heterocycles. The largest absolute Gasteiger partial charge is 0.304 e. The number of hydrogen-bond acceptors (Lipinski definition) is 3. The Balaban J connectivity index is 1.80. The lowest BCUT2D eigenvalue weighted by molar-refractivity contribution is 0.408. The van der Waals surface area contributed by atoms with Crippen LogP contribution in [0.3, 0.4) is 0 Å². The highest BCUT2D eigenvalue weighted by Crippen LogP contribution is 2.25. The van der Waals surface area contributed by atoms with Crippen LogP contribution in [0.4, 0.5) is 0 Å². The van der Waals surface area contributed by atoms with E-state index in [9.17, 15) is 4.79 Å². The maximum atomic E-state index is 12.5. The molecule has 148 valence electrons. The molecule has 3 aromatic rings. The van der Waals surface area contributed by atoms with Gasteiger partial charge < -0.3 is 5.32 Å². The van der Waals surface area contributed by atoms with Crippen LogP contribution in [0.5, 0.6) is 0 Å². The highest BCUT2D eigenvalue weighted by molar-refractivity contribution is 5.40. The summed E-state index contributed by atoms with van der Waals surface area (Å²) in [5.74, 6) is 1.01. The molecule has 1 aromatic carbocycles. The lowest BCUT2D eigenvalue weighted by Gasteiger charge is -2.23. The number of fused-ring (bicyclic) bond motifs is 1. The van der Waals surface area contributed by atoms with Gasteiger partial charge in [-0.1, -0.05) is 58.0 Å². The Morgan fingerprint density at radius 3 is 2.36 bits per heavy atom. The van der Waals surface area contributed by atoms with Gasteiger partial charge in [0.25, 0.3) is 5.56 Å². The number of hydrogen-bond donors (Lipinski definition) is 1. The lowest BCUT2D eigenvalue weighted by atomic mass is 9.92. The molecule has 1 N–H and O–H groups in total. The molecule has 2 heterocycles. The minimum absolute atomic E-state index is 0.0288. The molecule has 0 bridgehead atoms. The van der Waals surface area contributed by atoms with E-state index in [1.165, 1.54) is 11.1 Å². The molecular weight excluding hydrogens is 346 g/mol. The number of nitrogens with zero attached hydrogens (tertiary/aromatic N) is 2. The fraction of sp³-hybridized carbons (Fsp3) is 0.417. The molecule has 0 spiro atoms. The molecule has 0 aliphatic carbocycles. The van der Waals surface area contributed by atoms with Gasteiger partial charge in [-0.05, 0) is 48.4 Å². The van der Waals surface area contributed by atoms with Crippen LogP contribution in [0, 0.1) is 12.8 Å². The van der Waals surface area contributed by atoms with E-state index in [0.717, 1.165) is 17.8 Å². The topological polar surface area (TPSA) is 46.4 Å². The number of pyridine rings is 1. The van der Waals surface area contributed by atoms with Crippen molar-refractivity contribution in [3.05, 3.63) is 81.4 Å². The zero-order valence-corrected chi connectivity index (χ0v) is 17.6. The van der Waals surface area contributed by atoms with Crippen LogP contribution in [0.2, 0.25) is 0 Å². The number of aryl methyl sites for hydroxylation is 1. The van der Waals surface area contributed by atoms with Crippen LogP contribution in [0.1, 0.15) is 68.6 Å². The maximum absolute atomic E-state index is 12.5. The Kier molecular flexibility index (Phi) is 6.30. The first-order valence-corrected chi connectivity index (χ1v) is 10.2.